The lowest BCUT2D eigenvalue weighted by Crippen LogP contribution is -2.46. The third-order valence-corrected chi connectivity index (χ3v) is 5.63. The lowest BCUT2D eigenvalue weighted by molar-refractivity contribution is -0.134. The second-order valence-electron chi connectivity index (χ2n) is 8.09. The van der Waals surface area contributed by atoms with Gasteiger partial charge in [0.25, 0.3) is 0 Å². The summed E-state index contributed by atoms with van der Waals surface area (Å²) >= 11 is 0. The fraction of sp³-hybridized carbons (Fsp3) is 0.600. The van der Waals surface area contributed by atoms with E-state index in [-0.39, 0.29) is 36.3 Å². The summed E-state index contributed by atoms with van der Waals surface area (Å²) in [7, 11) is 0. The number of amides is 2. The van der Waals surface area contributed by atoms with Crippen LogP contribution in [0.1, 0.15) is 57.4 Å². The first-order valence-electron chi connectivity index (χ1n) is 9.68. The van der Waals surface area contributed by atoms with Gasteiger partial charge in [-0.2, -0.15) is 0 Å². The molecule has 7 nitrogen and oxygen atoms in total. The highest BCUT2D eigenvalue weighted by atomic mass is 19.1. The summed E-state index contributed by atoms with van der Waals surface area (Å²) in [5.74, 6) is -1.79. The molecular weight excluding hydrogens is 365 g/mol. The quantitative estimate of drug-likeness (QED) is 0.741. The van der Waals surface area contributed by atoms with Crippen LogP contribution in [0, 0.1) is 11.7 Å². The second kappa shape index (κ2) is 7.95. The fourth-order valence-electron chi connectivity index (χ4n) is 3.72. The molecule has 0 aliphatic carbocycles. The summed E-state index contributed by atoms with van der Waals surface area (Å²) in [6.07, 6.45) is 2.87. The van der Waals surface area contributed by atoms with Crippen LogP contribution in [-0.4, -0.2) is 46.4 Å². The zero-order chi connectivity index (χ0) is 20.5. The molecule has 1 atom stereocenters. The van der Waals surface area contributed by atoms with Crippen LogP contribution in [0.4, 0.5) is 10.2 Å². The van der Waals surface area contributed by atoms with E-state index in [4.69, 9.17) is 0 Å². The molecule has 0 aromatic carbocycles. The maximum Gasteiger partial charge on any atom is 0.234 e. The van der Waals surface area contributed by atoms with Gasteiger partial charge in [0.2, 0.25) is 11.8 Å². The van der Waals surface area contributed by atoms with Crippen molar-refractivity contribution in [2.24, 2.45) is 5.92 Å². The Kier molecular flexibility index (Phi) is 5.79. The van der Waals surface area contributed by atoms with Gasteiger partial charge in [0.1, 0.15) is 5.78 Å². The highest BCUT2D eigenvalue weighted by Crippen LogP contribution is 2.32. The van der Waals surface area contributed by atoms with Crippen molar-refractivity contribution in [1.82, 2.24) is 10.3 Å². The maximum absolute atomic E-state index is 14.7. The molecule has 1 aromatic heterocycles. The van der Waals surface area contributed by atoms with Crippen LogP contribution in [0.15, 0.2) is 12.3 Å². The van der Waals surface area contributed by atoms with Crippen molar-refractivity contribution in [1.29, 1.82) is 0 Å². The summed E-state index contributed by atoms with van der Waals surface area (Å²) in [4.78, 5) is 41.1. The van der Waals surface area contributed by atoms with E-state index in [0.717, 1.165) is 0 Å². The smallest absolute Gasteiger partial charge is 0.234 e. The van der Waals surface area contributed by atoms with E-state index in [9.17, 15) is 23.9 Å². The molecule has 2 fully saturated rings. The van der Waals surface area contributed by atoms with Crippen LogP contribution in [0.3, 0.4) is 0 Å². The highest BCUT2D eigenvalue weighted by molar-refractivity contribution is 6.00. The summed E-state index contributed by atoms with van der Waals surface area (Å²) < 4.78 is 14.7. The number of hydrogen-bond donors (Lipinski definition) is 2. The molecule has 2 aliphatic heterocycles. The minimum absolute atomic E-state index is 0.0221. The van der Waals surface area contributed by atoms with E-state index in [2.05, 4.69) is 10.3 Å². The zero-order valence-electron chi connectivity index (χ0n) is 16.2. The number of nitrogens with zero attached hydrogens (tertiary/aromatic N) is 2. The van der Waals surface area contributed by atoms with Gasteiger partial charge in [0.15, 0.2) is 11.6 Å². The van der Waals surface area contributed by atoms with Crippen molar-refractivity contribution in [2.75, 3.05) is 18.0 Å². The van der Waals surface area contributed by atoms with Crippen molar-refractivity contribution in [3.8, 4) is 0 Å². The van der Waals surface area contributed by atoms with E-state index in [1.165, 1.54) is 12.3 Å². The molecule has 2 saturated heterocycles. The van der Waals surface area contributed by atoms with Crippen LogP contribution in [-0.2, 0) is 14.4 Å². The number of carbonyl (C=O) groups is 3. The Balaban J connectivity index is 1.66. The van der Waals surface area contributed by atoms with Crippen LogP contribution in [0.5, 0.6) is 0 Å². The van der Waals surface area contributed by atoms with Gasteiger partial charge in [-0.15, -0.1) is 0 Å². The molecule has 2 amide bonds. The van der Waals surface area contributed by atoms with Crippen molar-refractivity contribution in [3.63, 3.8) is 0 Å². The number of anilines is 1. The summed E-state index contributed by atoms with van der Waals surface area (Å²) in [6.45, 7) is 4.40. The largest absolute Gasteiger partial charge is 0.389 e. The van der Waals surface area contributed by atoms with E-state index < -0.39 is 23.2 Å². The molecule has 2 aliphatic rings. The Morgan fingerprint density at radius 3 is 2.64 bits per heavy atom. The van der Waals surface area contributed by atoms with Gasteiger partial charge in [-0.25, -0.2) is 9.37 Å². The molecule has 1 aromatic rings. The molecule has 0 radical (unpaired) electrons. The average Bonchev–Trinajstić information content (AvgIpc) is 2.62. The third kappa shape index (κ3) is 4.38. The monoisotopic (exact) mass is 391 g/mol. The lowest BCUT2D eigenvalue weighted by Gasteiger charge is -2.38. The van der Waals surface area contributed by atoms with Crippen LogP contribution < -0.4 is 10.2 Å². The fourth-order valence-corrected chi connectivity index (χ4v) is 3.72. The average molecular weight is 391 g/mol. The Bertz CT molecular complexity index is 788. The number of halogens is 1. The number of aromatic nitrogens is 1. The molecular formula is C20H26FN3O4. The minimum Gasteiger partial charge on any atom is -0.389 e. The van der Waals surface area contributed by atoms with Gasteiger partial charge in [-0.3, -0.25) is 19.7 Å². The summed E-state index contributed by atoms with van der Waals surface area (Å²) in [5, 5.41) is 12.9. The molecule has 3 heterocycles. The second-order valence-corrected chi connectivity index (χ2v) is 8.09. The predicted octanol–water partition coefficient (Wildman–Crippen LogP) is 1.69. The Morgan fingerprint density at radius 1 is 1.39 bits per heavy atom. The number of nitrogens with one attached hydrogen (secondary N) is 1. The SMILES string of the molecule is CC(C)C(=O)CC1(O)CCN(c2ncc(C3CCC(=O)NC3=O)cc2F)CC1. The molecule has 28 heavy (non-hydrogen) atoms. The molecule has 3 rings (SSSR count). The Morgan fingerprint density at radius 2 is 2.07 bits per heavy atom. The highest BCUT2D eigenvalue weighted by Gasteiger charge is 2.36. The van der Waals surface area contributed by atoms with Gasteiger partial charge in [-0.1, -0.05) is 13.8 Å². The first kappa shape index (κ1) is 20.4. The van der Waals surface area contributed by atoms with E-state index in [1.807, 2.05) is 13.8 Å². The van der Waals surface area contributed by atoms with Gasteiger partial charge in [0.05, 0.1) is 11.5 Å². The van der Waals surface area contributed by atoms with Gasteiger partial charge in [-0.05, 0) is 30.9 Å². The first-order valence-corrected chi connectivity index (χ1v) is 9.68. The maximum atomic E-state index is 14.7. The molecule has 0 spiro atoms. The molecule has 2 N–H and O–H groups in total. The summed E-state index contributed by atoms with van der Waals surface area (Å²) in [6, 6.07) is 1.30. The van der Waals surface area contributed by atoms with Crippen molar-refractivity contribution in [3.05, 3.63) is 23.6 Å². The van der Waals surface area contributed by atoms with Crippen LogP contribution in [0.2, 0.25) is 0 Å². The number of piperidine rings is 2. The molecule has 0 saturated carbocycles. The van der Waals surface area contributed by atoms with Crippen molar-refractivity contribution in [2.45, 2.75) is 57.5 Å². The number of imide groups is 1. The minimum atomic E-state index is -1.05. The van der Waals surface area contributed by atoms with Crippen LogP contribution >= 0.6 is 0 Å². The number of ketones is 1. The van der Waals surface area contributed by atoms with Gasteiger partial charge >= 0.3 is 0 Å². The number of hydrogen-bond acceptors (Lipinski definition) is 6. The number of carbonyl (C=O) groups excluding carboxylic acids is 3. The van der Waals surface area contributed by atoms with Gasteiger partial charge in [0, 0.05) is 38.0 Å². The molecule has 0 bridgehead atoms. The van der Waals surface area contributed by atoms with E-state index in [1.54, 1.807) is 4.90 Å². The van der Waals surface area contributed by atoms with Crippen molar-refractivity contribution >= 4 is 23.4 Å². The molecule has 8 heteroatoms. The van der Waals surface area contributed by atoms with Gasteiger partial charge < -0.3 is 10.0 Å². The number of Topliss-reactive ketones (excluding diaryl/α,β-unsaturated/α-hetero) is 1. The lowest BCUT2D eigenvalue weighted by atomic mass is 9.84. The molecule has 1 unspecified atom stereocenters. The van der Waals surface area contributed by atoms with E-state index >= 15 is 0 Å². The predicted molar refractivity (Wildman–Crippen MR) is 100 cm³/mol. The third-order valence-electron chi connectivity index (χ3n) is 5.63. The number of aliphatic hydroxyl groups is 1. The topological polar surface area (TPSA) is 99.6 Å². The zero-order valence-corrected chi connectivity index (χ0v) is 16.2. The van der Waals surface area contributed by atoms with E-state index in [0.29, 0.717) is 37.9 Å². The number of rotatable bonds is 5. The molecule has 152 valence electrons. The standard InChI is InChI=1S/C20H26FN3O4/c1-12(2)16(25)10-20(28)5-7-24(8-6-20)18-15(21)9-13(11-22-18)14-3-4-17(26)23-19(14)27/h9,11-12,14,28H,3-8,10H2,1-2H3,(H,23,26,27). The number of pyridine rings is 1. The van der Waals surface area contributed by atoms with Crippen molar-refractivity contribution < 1.29 is 23.9 Å². The first-order chi connectivity index (χ1) is 13.2. The Labute approximate surface area is 163 Å². The Hall–Kier alpha value is -2.35. The normalized spacial score (nSPS) is 22.3. The summed E-state index contributed by atoms with van der Waals surface area (Å²) in [5.41, 5.74) is -0.608. The van der Waals surface area contributed by atoms with Crippen LogP contribution in [0.25, 0.3) is 0 Å².